The number of benzene rings is 3. The van der Waals surface area contributed by atoms with Crippen molar-refractivity contribution in [2.24, 2.45) is 5.92 Å². The van der Waals surface area contributed by atoms with Crippen molar-refractivity contribution in [3.63, 3.8) is 0 Å². The highest BCUT2D eigenvalue weighted by atomic mass is 16.2. The summed E-state index contributed by atoms with van der Waals surface area (Å²) in [6.07, 6.45) is 1.01. The maximum atomic E-state index is 12.9. The van der Waals surface area contributed by atoms with E-state index in [1.165, 1.54) is 22.3 Å². The van der Waals surface area contributed by atoms with Crippen LogP contribution in [0.1, 0.15) is 50.9 Å². The minimum Gasteiger partial charge on any atom is -0.352 e. The predicted molar refractivity (Wildman–Crippen MR) is 122 cm³/mol. The first kappa shape index (κ1) is 18.8. The molecule has 0 saturated carbocycles. The molecule has 6 heteroatoms. The van der Waals surface area contributed by atoms with Gasteiger partial charge in [-0.2, -0.15) is 0 Å². The lowest BCUT2D eigenvalue weighted by Gasteiger charge is -2.45. The van der Waals surface area contributed by atoms with E-state index in [9.17, 15) is 14.4 Å². The number of carbonyl (C=O) groups excluding carboxylic acids is 1. The van der Waals surface area contributed by atoms with Crippen LogP contribution in [0.25, 0.3) is 11.0 Å². The summed E-state index contributed by atoms with van der Waals surface area (Å²) in [7, 11) is 0. The summed E-state index contributed by atoms with van der Waals surface area (Å²) < 4.78 is 0. The number of fused-ring (bicyclic) bond motifs is 2. The maximum absolute atomic E-state index is 12.9. The number of carbonyl (C=O) groups is 1. The highest BCUT2D eigenvalue weighted by molar-refractivity contribution is 5.97. The minimum absolute atomic E-state index is 0.193. The molecule has 1 aromatic heterocycles. The van der Waals surface area contributed by atoms with Crippen LogP contribution in [0, 0.1) is 5.92 Å². The van der Waals surface area contributed by atoms with E-state index in [-0.39, 0.29) is 11.8 Å². The number of hydrogen-bond donors (Lipinski definition) is 3. The van der Waals surface area contributed by atoms with Gasteiger partial charge >= 0.3 is 11.1 Å². The zero-order valence-electron chi connectivity index (χ0n) is 17.2. The van der Waals surface area contributed by atoms with E-state index in [0.29, 0.717) is 35.0 Å². The van der Waals surface area contributed by atoms with Gasteiger partial charge in [0.1, 0.15) is 0 Å². The van der Waals surface area contributed by atoms with Crippen LogP contribution in [0.4, 0.5) is 0 Å². The van der Waals surface area contributed by atoms with Crippen LogP contribution in [-0.2, 0) is 0 Å². The quantitative estimate of drug-likeness (QED) is 0.442. The molecule has 3 aliphatic carbocycles. The van der Waals surface area contributed by atoms with E-state index in [0.717, 1.165) is 6.42 Å². The Balaban J connectivity index is 1.27. The van der Waals surface area contributed by atoms with Gasteiger partial charge in [0.25, 0.3) is 5.91 Å². The molecule has 0 fully saturated rings. The summed E-state index contributed by atoms with van der Waals surface area (Å²) in [5.41, 5.74) is 5.49. The molecule has 0 spiro atoms. The summed E-state index contributed by atoms with van der Waals surface area (Å²) in [4.78, 5) is 41.1. The average Bonchev–Trinajstić information content (AvgIpc) is 2.83. The first-order chi connectivity index (χ1) is 15.6. The molecule has 3 N–H and O–H groups in total. The molecule has 32 heavy (non-hydrogen) atoms. The van der Waals surface area contributed by atoms with Gasteiger partial charge in [0, 0.05) is 23.9 Å². The van der Waals surface area contributed by atoms with Crippen LogP contribution < -0.4 is 16.4 Å². The van der Waals surface area contributed by atoms with E-state index in [2.05, 4.69) is 63.8 Å². The third-order valence-electron chi connectivity index (χ3n) is 6.93. The molecule has 0 radical (unpaired) electrons. The van der Waals surface area contributed by atoms with E-state index in [1.54, 1.807) is 18.2 Å². The smallest absolute Gasteiger partial charge is 0.314 e. The van der Waals surface area contributed by atoms with Crippen molar-refractivity contribution in [1.29, 1.82) is 0 Å². The zero-order valence-corrected chi connectivity index (χ0v) is 17.2. The van der Waals surface area contributed by atoms with Crippen LogP contribution >= 0.6 is 0 Å². The van der Waals surface area contributed by atoms with Gasteiger partial charge in [-0.25, -0.2) is 0 Å². The Morgan fingerprint density at radius 3 is 2.06 bits per heavy atom. The summed E-state index contributed by atoms with van der Waals surface area (Å²) >= 11 is 0. The SMILES string of the molecule is O=C(NCC1CC2c3ccccc3C1c1ccccc12)c1ccc2[nH]c(=O)c(=O)[nH]c2c1. The molecule has 3 aliphatic rings. The second-order valence-corrected chi connectivity index (χ2v) is 8.66. The summed E-state index contributed by atoms with van der Waals surface area (Å²) in [6.45, 7) is 0.572. The number of H-pyrrole nitrogens is 2. The predicted octanol–water partition coefficient (Wildman–Crippen LogP) is 3.24. The molecule has 1 amide bonds. The molecule has 3 aromatic carbocycles. The number of aromatic amines is 2. The van der Waals surface area contributed by atoms with Crippen molar-refractivity contribution in [3.8, 4) is 0 Å². The van der Waals surface area contributed by atoms with Crippen molar-refractivity contribution < 1.29 is 4.79 Å². The largest absolute Gasteiger partial charge is 0.352 e. The molecule has 0 aliphatic heterocycles. The van der Waals surface area contributed by atoms with E-state index >= 15 is 0 Å². The highest BCUT2D eigenvalue weighted by Gasteiger charge is 2.42. The third-order valence-corrected chi connectivity index (χ3v) is 6.93. The molecule has 0 saturated heterocycles. The number of amides is 1. The lowest BCUT2D eigenvalue weighted by Crippen LogP contribution is -2.39. The van der Waals surface area contributed by atoms with Crippen molar-refractivity contribution >= 4 is 16.9 Å². The van der Waals surface area contributed by atoms with Crippen molar-refractivity contribution in [3.05, 3.63) is 115 Å². The second kappa shape index (κ2) is 7.05. The summed E-state index contributed by atoms with van der Waals surface area (Å²) in [5, 5.41) is 3.10. The minimum atomic E-state index is -0.731. The molecule has 6 nitrogen and oxygen atoms in total. The van der Waals surface area contributed by atoms with Crippen molar-refractivity contribution in [2.75, 3.05) is 6.54 Å². The Hall–Kier alpha value is -3.93. The fourth-order valence-corrected chi connectivity index (χ4v) is 5.54. The lowest BCUT2D eigenvalue weighted by molar-refractivity contribution is 0.0943. The standard InChI is InChI=1S/C26H21N3O3/c30-24(14-9-10-21-22(12-14)29-26(32)25(31)28-21)27-13-15-11-20-16-5-1-3-7-18(16)23(15)19-8-4-2-6-17(19)20/h1-10,12,15,20,23H,11,13H2,(H,27,30)(H,28,31)(H,29,32). The topological polar surface area (TPSA) is 94.8 Å². The highest BCUT2D eigenvalue weighted by Crippen LogP contribution is 2.55. The molecule has 158 valence electrons. The van der Waals surface area contributed by atoms with Crippen LogP contribution in [0.15, 0.2) is 76.3 Å². The van der Waals surface area contributed by atoms with Gasteiger partial charge in [-0.3, -0.25) is 14.4 Å². The number of nitrogens with one attached hydrogen (secondary N) is 3. The second-order valence-electron chi connectivity index (χ2n) is 8.66. The van der Waals surface area contributed by atoms with Gasteiger partial charge < -0.3 is 15.3 Å². The van der Waals surface area contributed by atoms with Gasteiger partial charge in [-0.05, 0) is 52.8 Å². The van der Waals surface area contributed by atoms with Gasteiger partial charge in [0.2, 0.25) is 0 Å². The van der Waals surface area contributed by atoms with Gasteiger partial charge in [0.15, 0.2) is 0 Å². The Morgan fingerprint density at radius 1 is 0.812 bits per heavy atom. The van der Waals surface area contributed by atoms with E-state index < -0.39 is 11.1 Å². The molecule has 1 heterocycles. The summed E-state index contributed by atoms with van der Waals surface area (Å²) in [5.74, 6) is 0.745. The maximum Gasteiger partial charge on any atom is 0.314 e. The number of hydrogen-bond acceptors (Lipinski definition) is 3. The molecular weight excluding hydrogens is 402 g/mol. The van der Waals surface area contributed by atoms with Crippen molar-refractivity contribution in [2.45, 2.75) is 18.3 Å². The number of aromatic nitrogens is 2. The van der Waals surface area contributed by atoms with Crippen LogP contribution in [-0.4, -0.2) is 22.4 Å². The van der Waals surface area contributed by atoms with Crippen LogP contribution in [0.3, 0.4) is 0 Å². The normalized spacial score (nSPS) is 20.6. The fraction of sp³-hybridized carbons (Fsp3) is 0.192. The van der Waals surface area contributed by atoms with Gasteiger partial charge in [0.05, 0.1) is 11.0 Å². The van der Waals surface area contributed by atoms with Crippen LogP contribution in [0.5, 0.6) is 0 Å². The Bertz CT molecular complexity index is 1450. The molecular formula is C26H21N3O3. The Labute approximate surface area is 183 Å². The Kier molecular flexibility index (Phi) is 4.15. The monoisotopic (exact) mass is 423 g/mol. The van der Waals surface area contributed by atoms with Gasteiger partial charge in [-0.15, -0.1) is 0 Å². The van der Waals surface area contributed by atoms with E-state index in [1.807, 2.05) is 0 Å². The molecule has 4 aromatic rings. The lowest BCUT2D eigenvalue weighted by atomic mass is 9.59. The first-order valence-corrected chi connectivity index (χ1v) is 10.8. The molecule has 7 rings (SSSR count). The fourth-order valence-electron chi connectivity index (χ4n) is 5.54. The molecule has 2 bridgehead atoms. The first-order valence-electron chi connectivity index (χ1n) is 10.8. The van der Waals surface area contributed by atoms with Gasteiger partial charge in [-0.1, -0.05) is 48.5 Å². The van der Waals surface area contributed by atoms with Crippen LogP contribution in [0.2, 0.25) is 0 Å². The van der Waals surface area contributed by atoms with Crippen molar-refractivity contribution in [1.82, 2.24) is 15.3 Å². The summed E-state index contributed by atoms with van der Waals surface area (Å²) in [6, 6.07) is 22.2. The average molecular weight is 423 g/mol. The third kappa shape index (κ3) is 2.83. The molecule has 1 unspecified atom stereocenters. The van der Waals surface area contributed by atoms with E-state index in [4.69, 9.17) is 0 Å². The zero-order chi connectivity index (χ0) is 21.8. The molecule has 1 atom stereocenters. The number of rotatable bonds is 3. The Morgan fingerprint density at radius 2 is 1.41 bits per heavy atom.